The molecule has 0 aliphatic heterocycles. The van der Waals surface area contributed by atoms with E-state index in [-0.39, 0.29) is 0 Å². The Hall–Kier alpha value is -1.90. The van der Waals surface area contributed by atoms with E-state index in [0.29, 0.717) is 0 Å². The van der Waals surface area contributed by atoms with Crippen LogP contribution in [0.15, 0.2) is 24.7 Å². The number of hydrogen-bond donors (Lipinski definition) is 1. The lowest BCUT2D eigenvalue weighted by molar-refractivity contribution is 0.673. The highest BCUT2D eigenvalue weighted by Gasteiger charge is 2.16. The van der Waals surface area contributed by atoms with E-state index >= 15 is 0 Å². The van der Waals surface area contributed by atoms with E-state index in [2.05, 4.69) is 15.0 Å². The number of rotatable bonds is 0. The Morgan fingerprint density at radius 1 is 1.06 bits per heavy atom. The fourth-order valence-corrected chi connectivity index (χ4v) is 2.92. The van der Waals surface area contributed by atoms with Gasteiger partial charge in [-0.2, -0.15) is 0 Å². The highest BCUT2D eigenvalue weighted by Crippen LogP contribution is 2.32. The SMILES string of the molecule is c1cc2[nH]c3cnc4c(c3c2cn1)CCCC4. The predicted molar refractivity (Wildman–Crippen MR) is 68.0 cm³/mol. The Balaban J connectivity index is 2.20. The second kappa shape index (κ2) is 3.29. The monoisotopic (exact) mass is 223 g/mol. The lowest BCUT2D eigenvalue weighted by Gasteiger charge is -2.15. The van der Waals surface area contributed by atoms with Gasteiger partial charge in [0.25, 0.3) is 0 Å². The Kier molecular flexibility index (Phi) is 1.78. The normalized spacial score (nSPS) is 15.3. The molecule has 3 aromatic rings. The summed E-state index contributed by atoms with van der Waals surface area (Å²) >= 11 is 0. The average Bonchev–Trinajstić information content (AvgIpc) is 2.77. The zero-order valence-electron chi connectivity index (χ0n) is 9.53. The second-order valence-corrected chi connectivity index (χ2v) is 4.73. The number of pyridine rings is 2. The van der Waals surface area contributed by atoms with E-state index < -0.39 is 0 Å². The molecule has 3 heterocycles. The van der Waals surface area contributed by atoms with Gasteiger partial charge in [-0.05, 0) is 37.3 Å². The van der Waals surface area contributed by atoms with E-state index in [4.69, 9.17) is 0 Å². The second-order valence-electron chi connectivity index (χ2n) is 4.73. The van der Waals surface area contributed by atoms with E-state index in [1.54, 1.807) is 0 Å². The van der Waals surface area contributed by atoms with Crippen LogP contribution in [0.2, 0.25) is 0 Å². The number of aromatic nitrogens is 3. The Bertz CT molecular complexity index is 712. The minimum atomic E-state index is 1.12. The summed E-state index contributed by atoms with van der Waals surface area (Å²) in [7, 11) is 0. The molecule has 0 fully saturated rings. The molecule has 0 saturated carbocycles. The van der Waals surface area contributed by atoms with Crippen molar-refractivity contribution in [1.29, 1.82) is 0 Å². The third-order valence-corrected chi connectivity index (χ3v) is 3.72. The Labute approximate surface area is 98.9 Å². The molecule has 1 aliphatic rings. The molecule has 0 spiro atoms. The van der Waals surface area contributed by atoms with Gasteiger partial charge >= 0.3 is 0 Å². The zero-order chi connectivity index (χ0) is 11.2. The summed E-state index contributed by atoms with van der Waals surface area (Å²) in [6, 6.07) is 2.03. The number of aryl methyl sites for hydroxylation is 2. The first-order valence-corrected chi connectivity index (χ1v) is 6.15. The summed E-state index contributed by atoms with van der Waals surface area (Å²) in [5.74, 6) is 0. The lowest BCUT2D eigenvalue weighted by atomic mass is 9.93. The molecule has 0 amide bonds. The number of fused-ring (bicyclic) bond motifs is 5. The first-order valence-electron chi connectivity index (χ1n) is 6.15. The summed E-state index contributed by atoms with van der Waals surface area (Å²) in [5.41, 5.74) is 5.03. The minimum absolute atomic E-state index is 1.12. The maximum atomic E-state index is 4.59. The van der Waals surface area contributed by atoms with Gasteiger partial charge < -0.3 is 4.98 Å². The standard InChI is InChI=1S/C14H13N3/c1-2-4-11-9(3-1)14-10-7-15-6-5-12(10)17-13(14)8-16-11/h5-8,17H,1-4H2. The molecule has 3 nitrogen and oxygen atoms in total. The van der Waals surface area contributed by atoms with Gasteiger partial charge in [-0.3, -0.25) is 9.97 Å². The quantitative estimate of drug-likeness (QED) is 0.636. The summed E-state index contributed by atoms with van der Waals surface area (Å²) in [6.07, 6.45) is 10.6. The molecule has 1 aliphatic carbocycles. The number of nitrogens with zero attached hydrogens (tertiary/aromatic N) is 2. The minimum Gasteiger partial charge on any atom is -0.353 e. The summed E-state index contributed by atoms with van der Waals surface area (Å²) in [6.45, 7) is 0. The van der Waals surface area contributed by atoms with Gasteiger partial charge in [-0.1, -0.05) is 0 Å². The highest BCUT2D eigenvalue weighted by molar-refractivity contribution is 6.08. The van der Waals surface area contributed by atoms with E-state index in [9.17, 15) is 0 Å². The van der Waals surface area contributed by atoms with Crippen molar-refractivity contribution in [2.24, 2.45) is 0 Å². The lowest BCUT2D eigenvalue weighted by Crippen LogP contribution is -2.05. The Morgan fingerprint density at radius 2 is 2.00 bits per heavy atom. The topological polar surface area (TPSA) is 41.6 Å². The maximum absolute atomic E-state index is 4.59. The van der Waals surface area contributed by atoms with Gasteiger partial charge in [0, 0.05) is 34.4 Å². The molecule has 84 valence electrons. The van der Waals surface area contributed by atoms with Gasteiger partial charge in [0.1, 0.15) is 0 Å². The van der Waals surface area contributed by atoms with Crippen molar-refractivity contribution in [2.45, 2.75) is 25.7 Å². The Morgan fingerprint density at radius 3 is 3.00 bits per heavy atom. The smallest absolute Gasteiger partial charge is 0.0654 e. The molecule has 4 rings (SSSR count). The molecule has 0 saturated heterocycles. The van der Waals surface area contributed by atoms with E-state index in [1.807, 2.05) is 24.7 Å². The number of hydrogen-bond acceptors (Lipinski definition) is 2. The van der Waals surface area contributed by atoms with Crippen LogP contribution in [-0.2, 0) is 12.8 Å². The molecule has 0 radical (unpaired) electrons. The molecule has 0 atom stereocenters. The van der Waals surface area contributed by atoms with Crippen molar-refractivity contribution in [1.82, 2.24) is 15.0 Å². The van der Waals surface area contributed by atoms with Crippen LogP contribution in [0.1, 0.15) is 24.1 Å². The summed E-state index contributed by atoms with van der Waals surface area (Å²) in [5, 5.41) is 2.58. The fourth-order valence-electron chi connectivity index (χ4n) is 2.92. The van der Waals surface area contributed by atoms with Crippen molar-refractivity contribution in [3.8, 4) is 0 Å². The third-order valence-electron chi connectivity index (χ3n) is 3.72. The first kappa shape index (κ1) is 9.16. The molecule has 3 heteroatoms. The third kappa shape index (κ3) is 1.22. The fraction of sp³-hybridized carbons (Fsp3) is 0.286. The largest absolute Gasteiger partial charge is 0.353 e. The number of nitrogens with one attached hydrogen (secondary N) is 1. The molecular formula is C14H13N3. The molecule has 17 heavy (non-hydrogen) atoms. The zero-order valence-corrected chi connectivity index (χ0v) is 9.53. The van der Waals surface area contributed by atoms with E-state index in [1.165, 1.54) is 34.9 Å². The van der Waals surface area contributed by atoms with Crippen molar-refractivity contribution < 1.29 is 0 Å². The molecular weight excluding hydrogens is 210 g/mol. The van der Waals surface area contributed by atoms with Crippen molar-refractivity contribution in [3.63, 3.8) is 0 Å². The van der Waals surface area contributed by atoms with Gasteiger partial charge in [0.05, 0.1) is 11.7 Å². The van der Waals surface area contributed by atoms with Crippen LogP contribution in [0.3, 0.4) is 0 Å². The molecule has 0 unspecified atom stereocenters. The predicted octanol–water partition coefficient (Wildman–Crippen LogP) is 2.99. The van der Waals surface area contributed by atoms with Gasteiger partial charge in [0.2, 0.25) is 0 Å². The molecule has 3 aromatic heterocycles. The highest BCUT2D eigenvalue weighted by atomic mass is 14.8. The van der Waals surface area contributed by atoms with Crippen LogP contribution in [-0.4, -0.2) is 15.0 Å². The van der Waals surface area contributed by atoms with Gasteiger partial charge in [-0.25, -0.2) is 0 Å². The molecule has 1 N–H and O–H groups in total. The van der Waals surface area contributed by atoms with Crippen LogP contribution in [0.25, 0.3) is 21.8 Å². The van der Waals surface area contributed by atoms with Crippen molar-refractivity contribution >= 4 is 21.8 Å². The summed E-state index contributed by atoms with van der Waals surface area (Å²) in [4.78, 5) is 12.3. The van der Waals surface area contributed by atoms with Crippen LogP contribution in [0.5, 0.6) is 0 Å². The van der Waals surface area contributed by atoms with Crippen molar-refractivity contribution in [2.75, 3.05) is 0 Å². The first-order chi connectivity index (χ1) is 8.43. The van der Waals surface area contributed by atoms with Crippen LogP contribution in [0.4, 0.5) is 0 Å². The summed E-state index contributed by atoms with van der Waals surface area (Å²) < 4.78 is 0. The van der Waals surface area contributed by atoms with Gasteiger partial charge in [0.15, 0.2) is 0 Å². The van der Waals surface area contributed by atoms with Crippen LogP contribution in [0, 0.1) is 0 Å². The van der Waals surface area contributed by atoms with Crippen LogP contribution >= 0.6 is 0 Å². The van der Waals surface area contributed by atoms with Crippen molar-refractivity contribution in [3.05, 3.63) is 35.9 Å². The van der Waals surface area contributed by atoms with Gasteiger partial charge in [-0.15, -0.1) is 0 Å². The van der Waals surface area contributed by atoms with Crippen LogP contribution < -0.4 is 0 Å². The average molecular weight is 223 g/mol. The maximum Gasteiger partial charge on any atom is 0.0654 e. The van der Waals surface area contributed by atoms with E-state index in [0.717, 1.165) is 23.9 Å². The number of aromatic amines is 1. The number of H-pyrrole nitrogens is 1. The molecule has 0 aromatic carbocycles. The molecule has 0 bridgehead atoms.